The number of rotatable bonds is 5. The highest BCUT2D eigenvalue weighted by molar-refractivity contribution is 9.11. The maximum Gasteiger partial charge on any atom is 0.335 e. The van der Waals surface area contributed by atoms with Gasteiger partial charge in [-0.15, -0.1) is 0 Å². The lowest BCUT2D eigenvalue weighted by Crippen LogP contribution is -2.04. The van der Waals surface area contributed by atoms with Gasteiger partial charge in [0.25, 0.3) is 0 Å². The average Bonchev–Trinajstić information content (AvgIpc) is 3.19. The van der Waals surface area contributed by atoms with Crippen LogP contribution in [0.1, 0.15) is 10.4 Å². The first-order valence-electron chi connectivity index (χ1n) is 9.46. The number of carbonyl (C=O) groups is 1. The van der Waals surface area contributed by atoms with E-state index < -0.39 is 5.97 Å². The molecule has 4 rings (SSSR count). The molecule has 1 heterocycles. The van der Waals surface area contributed by atoms with E-state index in [1.54, 1.807) is 54.3 Å². The first-order valence-corrected chi connectivity index (χ1v) is 11.0. The van der Waals surface area contributed by atoms with E-state index in [0.717, 1.165) is 31.5 Å². The molecule has 164 valence electrons. The molecular weight excluding hydrogens is 543 g/mol. The third kappa shape index (κ3) is 5.91. The second-order valence-corrected chi connectivity index (χ2v) is 8.32. The highest BCUT2D eigenvalue weighted by Gasteiger charge is 2.15. The number of benzene rings is 3. The molecule has 0 spiro atoms. The van der Waals surface area contributed by atoms with Crippen molar-refractivity contribution in [3.05, 3.63) is 99.2 Å². The summed E-state index contributed by atoms with van der Waals surface area (Å²) in [6.45, 7) is 0.314. The van der Waals surface area contributed by atoms with E-state index in [1.807, 2.05) is 24.3 Å². The fourth-order valence-electron chi connectivity index (χ4n) is 2.94. The van der Waals surface area contributed by atoms with Crippen LogP contribution < -0.4 is 0 Å². The minimum atomic E-state index is -0.879. The van der Waals surface area contributed by atoms with Gasteiger partial charge in [0.15, 0.2) is 0 Å². The molecular formula is C24H19Br2FN2O3. The van der Waals surface area contributed by atoms with Crippen LogP contribution >= 0.6 is 31.9 Å². The molecule has 1 aromatic heterocycles. The van der Waals surface area contributed by atoms with Gasteiger partial charge >= 0.3 is 5.97 Å². The minimum absolute atomic E-state index is 0.264. The van der Waals surface area contributed by atoms with Crippen molar-refractivity contribution in [2.24, 2.45) is 0 Å². The molecule has 0 unspecified atom stereocenters. The van der Waals surface area contributed by atoms with Crippen LogP contribution in [0.25, 0.3) is 22.5 Å². The molecule has 0 aliphatic heterocycles. The average molecular weight is 562 g/mol. The predicted molar refractivity (Wildman–Crippen MR) is 129 cm³/mol. The summed E-state index contributed by atoms with van der Waals surface area (Å²) < 4.78 is 22.0. The van der Waals surface area contributed by atoms with Gasteiger partial charge in [-0.2, -0.15) is 5.10 Å². The van der Waals surface area contributed by atoms with Gasteiger partial charge in [0.05, 0.1) is 17.0 Å². The molecule has 0 radical (unpaired) electrons. The van der Waals surface area contributed by atoms with Gasteiger partial charge in [0.1, 0.15) is 12.5 Å². The maximum absolute atomic E-state index is 13.2. The SMILES string of the molecule is COCn1nc(-c2c(Br)cccc2Br)cc1-c1ccc(F)cc1.O=C(O)c1ccccc1. The summed E-state index contributed by atoms with van der Waals surface area (Å²) in [7, 11) is 1.62. The van der Waals surface area contributed by atoms with Crippen LogP contribution in [-0.4, -0.2) is 28.0 Å². The normalized spacial score (nSPS) is 10.4. The summed E-state index contributed by atoms with van der Waals surface area (Å²) in [6.07, 6.45) is 0. The van der Waals surface area contributed by atoms with E-state index in [4.69, 9.17) is 9.84 Å². The molecule has 3 aromatic carbocycles. The summed E-state index contributed by atoms with van der Waals surface area (Å²) in [6, 6.07) is 22.5. The van der Waals surface area contributed by atoms with E-state index in [1.165, 1.54) is 12.1 Å². The number of methoxy groups -OCH3 is 1. The number of aromatic nitrogens is 2. The predicted octanol–water partition coefficient (Wildman–Crippen LogP) is 6.87. The number of aromatic carboxylic acids is 1. The van der Waals surface area contributed by atoms with E-state index >= 15 is 0 Å². The van der Waals surface area contributed by atoms with Crippen molar-refractivity contribution in [3.8, 4) is 22.5 Å². The Labute approximate surface area is 201 Å². The summed E-state index contributed by atoms with van der Waals surface area (Å²) in [4.78, 5) is 10.2. The monoisotopic (exact) mass is 560 g/mol. The number of hydrogen-bond acceptors (Lipinski definition) is 3. The van der Waals surface area contributed by atoms with Gasteiger partial charge in [0, 0.05) is 27.2 Å². The first-order chi connectivity index (χ1) is 15.4. The lowest BCUT2D eigenvalue weighted by molar-refractivity contribution is 0.0697. The van der Waals surface area contributed by atoms with Crippen LogP contribution in [0.5, 0.6) is 0 Å². The molecule has 32 heavy (non-hydrogen) atoms. The zero-order chi connectivity index (χ0) is 23.1. The quantitative estimate of drug-likeness (QED) is 0.289. The molecule has 0 atom stereocenters. The Morgan fingerprint density at radius 3 is 2.16 bits per heavy atom. The van der Waals surface area contributed by atoms with Gasteiger partial charge in [-0.25, -0.2) is 13.9 Å². The van der Waals surface area contributed by atoms with Gasteiger partial charge < -0.3 is 9.84 Å². The zero-order valence-corrected chi connectivity index (χ0v) is 20.2. The van der Waals surface area contributed by atoms with Crippen molar-refractivity contribution in [1.82, 2.24) is 9.78 Å². The zero-order valence-electron chi connectivity index (χ0n) is 17.0. The molecule has 0 saturated heterocycles. The Balaban J connectivity index is 0.000000269. The van der Waals surface area contributed by atoms with Crippen LogP contribution in [0.2, 0.25) is 0 Å². The first kappa shape index (κ1) is 23.8. The van der Waals surface area contributed by atoms with Crippen LogP contribution in [0, 0.1) is 5.82 Å². The number of nitrogens with zero attached hydrogens (tertiary/aromatic N) is 2. The molecule has 0 amide bonds. The lowest BCUT2D eigenvalue weighted by atomic mass is 10.1. The van der Waals surface area contributed by atoms with Gasteiger partial charge in [0.2, 0.25) is 0 Å². The largest absolute Gasteiger partial charge is 0.478 e. The van der Waals surface area contributed by atoms with Crippen molar-refractivity contribution in [2.45, 2.75) is 6.73 Å². The smallest absolute Gasteiger partial charge is 0.335 e. The van der Waals surface area contributed by atoms with Gasteiger partial charge in [-0.3, -0.25) is 0 Å². The Morgan fingerprint density at radius 2 is 1.62 bits per heavy atom. The molecule has 4 aromatic rings. The molecule has 0 saturated carbocycles. The van der Waals surface area contributed by atoms with Crippen molar-refractivity contribution < 1.29 is 19.0 Å². The molecule has 0 aliphatic rings. The standard InChI is InChI=1S/C17H13Br2FN2O.C7H6O2/c1-23-10-22-16(11-5-7-12(20)8-6-11)9-15(21-22)17-13(18)3-2-4-14(17)19;8-7(9)6-4-2-1-3-5-6/h2-9H,10H2,1H3;1-5H,(H,8,9). The molecule has 8 heteroatoms. The fourth-order valence-corrected chi connectivity index (χ4v) is 4.34. The maximum atomic E-state index is 13.2. The number of carboxylic acids is 1. The van der Waals surface area contributed by atoms with Crippen molar-refractivity contribution in [1.29, 1.82) is 0 Å². The van der Waals surface area contributed by atoms with E-state index in [-0.39, 0.29) is 5.82 Å². The minimum Gasteiger partial charge on any atom is -0.478 e. The third-order valence-corrected chi connectivity index (χ3v) is 5.73. The van der Waals surface area contributed by atoms with Crippen molar-refractivity contribution >= 4 is 37.8 Å². The number of hydrogen-bond donors (Lipinski definition) is 1. The van der Waals surface area contributed by atoms with Crippen LogP contribution in [0.4, 0.5) is 4.39 Å². The van der Waals surface area contributed by atoms with Crippen molar-refractivity contribution in [2.75, 3.05) is 7.11 Å². The molecule has 5 nitrogen and oxygen atoms in total. The summed E-state index contributed by atoms with van der Waals surface area (Å²) in [5.41, 5.74) is 3.85. The molecule has 0 bridgehead atoms. The highest BCUT2D eigenvalue weighted by atomic mass is 79.9. The van der Waals surface area contributed by atoms with E-state index in [2.05, 4.69) is 37.0 Å². The van der Waals surface area contributed by atoms with Crippen LogP contribution in [0.15, 0.2) is 87.8 Å². The van der Waals surface area contributed by atoms with Gasteiger partial charge in [-0.1, -0.05) is 56.1 Å². The number of carboxylic acid groups (broad SMARTS) is 1. The Hall–Kier alpha value is -2.81. The molecule has 1 N–H and O–H groups in total. The summed E-state index contributed by atoms with van der Waals surface area (Å²) in [5, 5.41) is 13.0. The number of halogens is 3. The third-order valence-electron chi connectivity index (χ3n) is 4.41. The topological polar surface area (TPSA) is 64.4 Å². The Kier molecular flexibility index (Phi) is 8.33. The van der Waals surface area contributed by atoms with Crippen LogP contribution in [0.3, 0.4) is 0 Å². The van der Waals surface area contributed by atoms with E-state index in [9.17, 15) is 9.18 Å². The second kappa shape index (κ2) is 11.2. The number of ether oxygens (including phenoxy) is 1. The van der Waals surface area contributed by atoms with Crippen LogP contribution in [-0.2, 0) is 11.5 Å². The summed E-state index contributed by atoms with van der Waals surface area (Å²) >= 11 is 7.12. The van der Waals surface area contributed by atoms with Crippen molar-refractivity contribution in [3.63, 3.8) is 0 Å². The summed E-state index contributed by atoms with van der Waals surface area (Å²) in [5.74, 6) is -1.14. The van der Waals surface area contributed by atoms with Gasteiger partial charge in [-0.05, 0) is 54.6 Å². The Bertz CT molecular complexity index is 1180. The van der Waals surface area contributed by atoms with E-state index in [0.29, 0.717) is 12.3 Å². The fraction of sp³-hybridized carbons (Fsp3) is 0.0833. The molecule has 0 fully saturated rings. The second-order valence-electron chi connectivity index (χ2n) is 6.61. The lowest BCUT2D eigenvalue weighted by Gasteiger charge is -2.06. The highest BCUT2D eigenvalue weighted by Crippen LogP contribution is 2.36. The Morgan fingerprint density at radius 1 is 1.00 bits per heavy atom. The molecule has 0 aliphatic carbocycles.